The molecule has 5 nitrogen and oxygen atoms in total. The second kappa shape index (κ2) is 7.79. The lowest BCUT2D eigenvalue weighted by molar-refractivity contribution is -0.130. The molecule has 3 amide bonds. The van der Waals surface area contributed by atoms with Crippen LogP contribution in [0.25, 0.3) is 0 Å². The van der Waals surface area contributed by atoms with Gasteiger partial charge in [0.1, 0.15) is 5.54 Å². The number of rotatable bonds is 2. The van der Waals surface area contributed by atoms with E-state index in [0.29, 0.717) is 23.1 Å². The van der Waals surface area contributed by atoms with Crippen molar-refractivity contribution in [2.75, 3.05) is 26.2 Å². The standard InChI is InChI=1S/C19H18Cl2FN3O2/c1-13(22)17(26)24-8-10-25(11-9-24)18(27)23-19(6-7-19)5-4-14-2-3-15(20)16(21)12-14/h2-3,12H,1,6-11H2,(H,23,27). The van der Waals surface area contributed by atoms with Gasteiger partial charge in [-0.2, -0.15) is 0 Å². The lowest BCUT2D eigenvalue weighted by Crippen LogP contribution is -2.55. The van der Waals surface area contributed by atoms with E-state index >= 15 is 0 Å². The molecule has 0 aromatic heterocycles. The number of piperazine rings is 1. The Hall–Kier alpha value is -2.23. The molecule has 1 heterocycles. The van der Waals surface area contributed by atoms with Gasteiger partial charge in [-0.3, -0.25) is 4.79 Å². The highest BCUT2D eigenvalue weighted by Crippen LogP contribution is 2.35. The first-order valence-electron chi connectivity index (χ1n) is 8.49. The highest BCUT2D eigenvalue weighted by molar-refractivity contribution is 6.42. The molecule has 0 radical (unpaired) electrons. The third kappa shape index (κ3) is 4.74. The van der Waals surface area contributed by atoms with Crippen LogP contribution in [0.3, 0.4) is 0 Å². The van der Waals surface area contributed by atoms with Crippen LogP contribution in [0.2, 0.25) is 10.0 Å². The molecule has 0 atom stereocenters. The Bertz CT molecular complexity index is 850. The van der Waals surface area contributed by atoms with Gasteiger partial charge < -0.3 is 15.1 Å². The topological polar surface area (TPSA) is 52.7 Å². The van der Waals surface area contributed by atoms with Crippen LogP contribution in [0.4, 0.5) is 9.18 Å². The zero-order valence-electron chi connectivity index (χ0n) is 14.5. The first kappa shape index (κ1) is 19.5. The Morgan fingerprint density at radius 1 is 1.11 bits per heavy atom. The van der Waals surface area contributed by atoms with Crippen LogP contribution < -0.4 is 5.32 Å². The summed E-state index contributed by atoms with van der Waals surface area (Å²) in [6.07, 6.45) is 1.54. The fraction of sp³-hybridized carbons (Fsp3) is 0.368. The van der Waals surface area contributed by atoms with Gasteiger partial charge in [-0.05, 0) is 31.0 Å². The van der Waals surface area contributed by atoms with Crippen LogP contribution in [0.5, 0.6) is 0 Å². The molecule has 1 N–H and O–H groups in total. The Labute approximate surface area is 167 Å². The maximum Gasteiger partial charge on any atom is 0.318 e. The maximum absolute atomic E-state index is 12.9. The Kier molecular flexibility index (Phi) is 5.64. The van der Waals surface area contributed by atoms with E-state index in [1.54, 1.807) is 23.1 Å². The van der Waals surface area contributed by atoms with Crippen molar-refractivity contribution in [2.45, 2.75) is 18.4 Å². The van der Waals surface area contributed by atoms with Gasteiger partial charge in [0.05, 0.1) is 10.0 Å². The Morgan fingerprint density at radius 2 is 1.74 bits per heavy atom. The minimum absolute atomic E-state index is 0.234. The summed E-state index contributed by atoms with van der Waals surface area (Å²) in [5.74, 6) is 4.43. The van der Waals surface area contributed by atoms with E-state index in [1.807, 2.05) is 0 Å². The SMILES string of the molecule is C=C(F)C(=O)N1CCN(C(=O)NC2(C#Cc3ccc(Cl)c(Cl)c3)CC2)CC1. The van der Waals surface area contributed by atoms with E-state index in [1.165, 1.54) is 4.90 Å². The summed E-state index contributed by atoms with van der Waals surface area (Å²) in [5, 5.41) is 3.85. The molecule has 2 aliphatic rings. The van der Waals surface area contributed by atoms with Crippen molar-refractivity contribution in [1.29, 1.82) is 0 Å². The van der Waals surface area contributed by atoms with E-state index in [9.17, 15) is 14.0 Å². The zero-order chi connectivity index (χ0) is 19.6. The summed E-state index contributed by atoms with van der Waals surface area (Å²) in [6, 6.07) is 4.90. The van der Waals surface area contributed by atoms with Crippen LogP contribution in [0.15, 0.2) is 30.6 Å². The van der Waals surface area contributed by atoms with Crippen molar-refractivity contribution >= 4 is 35.1 Å². The predicted molar refractivity (Wildman–Crippen MR) is 102 cm³/mol. The van der Waals surface area contributed by atoms with Crippen molar-refractivity contribution in [2.24, 2.45) is 0 Å². The van der Waals surface area contributed by atoms with Crippen LogP contribution in [-0.4, -0.2) is 53.5 Å². The molecule has 1 saturated heterocycles. The van der Waals surface area contributed by atoms with Gasteiger partial charge in [-0.15, -0.1) is 0 Å². The van der Waals surface area contributed by atoms with Gasteiger partial charge >= 0.3 is 6.03 Å². The summed E-state index contributed by atoms with van der Waals surface area (Å²) in [7, 11) is 0. The number of halogens is 3. The first-order chi connectivity index (χ1) is 12.8. The minimum atomic E-state index is -0.984. The Balaban J connectivity index is 1.57. The first-order valence-corrected chi connectivity index (χ1v) is 9.24. The van der Waals surface area contributed by atoms with Crippen LogP contribution in [-0.2, 0) is 4.79 Å². The third-order valence-corrected chi connectivity index (χ3v) is 5.29. The molecular formula is C19H18Cl2FN3O2. The molecule has 8 heteroatoms. The van der Waals surface area contributed by atoms with Crippen molar-refractivity contribution in [3.05, 3.63) is 46.2 Å². The van der Waals surface area contributed by atoms with Crippen molar-refractivity contribution in [1.82, 2.24) is 15.1 Å². The molecule has 3 rings (SSSR count). The lowest BCUT2D eigenvalue weighted by Gasteiger charge is -2.34. The number of hydrogen-bond acceptors (Lipinski definition) is 2. The number of amides is 3. The number of urea groups is 1. The van der Waals surface area contributed by atoms with Crippen LogP contribution >= 0.6 is 23.2 Å². The highest BCUT2D eigenvalue weighted by atomic mass is 35.5. The zero-order valence-corrected chi connectivity index (χ0v) is 16.0. The lowest BCUT2D eigenvalue weighted by atomic mass is 10.2. The molecule has 0 spiro atoms. The molecule has 0 unspecified atom stereocenters. The summed E-state index contributed by atoms with van der Waals surface area (Å²) >= 11 is 11.9. The number of nitrogens with one attached hydrogen (secondary N) is 1. The third-order valence-electron chi connectivity index (χ3n) is 4.55. The van der Waals surface area contributed by atoms with Gasteiger partial charge in [0.25, 0.3) is 5.91 Å². The fourth-order valence-corrected chi connectivity index (χ4v) is 3.04. The van der Waals surface area contributed by atoms with Crippen molar-refractivity contribution in [3.63, 3.8) is 0 Å². The van der Waals surface area contributed by atoms with Crippen molar-refractivity contribution < 1.29 is 14.0 Å². The Morgan fingerprint density at radius 3 is 2.30 bits per heavy atom. The molecule has 27 heavy (non-hydrogen) atoms. The largest absolute Gasteiger partial charge is 0.333 e. The van der Waals surface area contributed by atoms with Crippen molar-refractivity contribution in [3.8, 4) is 11.8 Å². The number of carbonyl (C=O) groups is 2. The molecule has 1 aliphatic carbocycles. The highest BCUT2D eigenvalue weighted by Gasteiger charge is 2.43. The average molecular weight is 410 g/mol. The number of carbonyl (C=O) groups excluding carboxylic acids is 2. The molecule has 1 aliphatic heterocycles. The van der Waals surface area contributed by atoms with Gasteiger partial charge in [0, 0.05) is 31.7 Å². The molecule has 142 valence electrons. The predicted octanol–water partition coefficient (Wildman–Crippen LogP) is 3.21. The molecule has 1 saturated carbocycles. The second-order valence-corrected chi connectivity index (χ2v) is 7.39. The fourth-order valence-electron chi connectivity index (χ4n) is 2.74. The number of benzene rings is 1. The average Bonchev–Trinajstić information content (AvgIpc) is 3.42. The molecule has 0 bridgehead atoms. The molecule has 1 aromatic rings. The summed E-state index contributed by atoms with van der Waals surface area (Å²) in [5.41, 5.74) is 0.187. The normalized spacial score (nSPS) is 17.6. The van der Waals surface area contributed by atoms with Gasteiger partial charge in [0.15, 0.2) is 5.83 Å². The summed E-state index contributed by atoms with van der Waals surface area (Å²) in [4.78, 5) is 27.0. The summed E-state index contributed by atoms with van der Waals surface area (Å²) in [6.45, 7) is 4.23. The van der Waals surface area contributed by atoms with Crippen LogP contribution in [0, 0.1) is 11.8 Å². The summed E-state index contributed by atoms with van der Waals surface area (Å²) < 4.78 is 12.9. The molecule has 2 fully saturated rings. The minimum Gasteiger partial charge on any atom is -0.333 e. The number of hydrogen-bond donors (Lipinski definition) is 1. The van der Waals surface area contributed by atoms with E-state index in [4.69, 9.17) is 23.2 Å². The number of nitrogens with zero attached hydrogens (tertiary/aromatic N) is 2. The monoisotopic (exact) mass is 409 g/mol. The van der Waals surface area contributed by atoms with Gasteiger partial charge in [-0.1, -0.05) is 41.6 Å². The van der Waals surface area contributed by atoms with Crippen LogP contribution in [0.1, 0.15) is 18.4 Å². The van der Waals surface area contributed by atoms with E-state index < -0.39 is 17.3 Å². The molecule has 1 aromatic carbocycles. The maximum atomic E-state index is 12.9. The smallest absolute Gasteiger partial charge is 0.318 e. The molecular weight excluding hydrogens is 392 g/mol. The van der Waals surface area contributed by atoms with Gasteiger partial charge in [-0.25, -0.2) is 9.18 Å². The second-order valence-electron chi connectivity index (χ2n) is 6.58. The van der Waals surface area contributed by atoms with E-state index in [2.05, 4.69) is 23.7 Å². The quantitative estimate of drug-likeness (QED) is 0.602. The van der Waals surface area contributed by atoms with Gasteiger partial charge in [0.2, 0.25) is 0 Å². The van der Waals surface area contributed by atoms with E-state index in [0.717, 1.165) is 18.4 Å². The van der Waals surface area contributed by atoms with E-state index in [-0.39, 0.29) is 19.1 Å².